The summed E-state index contributed by atoms with van der Waals surface area (Å²) < 4.78 is 5.43. The van der Waals surface area contributed by atoms with E-state index in [-0.39, 0.29) is 5.54 Å². The van der Waals surface area contributed by atoms with Crippen LogP contribution in [-0.2, 0) is 6.54 Å². The molecule has 1 unspecified atom stereocenters. The Hall–Kier alpha value is -0.800. The summed E-state index contributed by atoms with van der Waals surface area (Å²) in [5, 5.41) is 3.28. The SMILES string of the molecule is CNCC1CN(Cc2ccco2)C(C)(C)C1. The molecule has 1 aromatic rings. The highest BCUT2D eigenvalue weighted by Gasteiger charge is 2.37. The first-order valence-corrected chi connectivity index (χ1v) is 6.04. The Bertz CT molecular complexity index is 319. The maximum Gasteiger partial charge on any atom is 0.117 e. The van der Waals surface area contributed by atoms with E-state index in [1.54, 1.807) is 6.26 Å². The second-order valence-corrected chi connectivity index (χ2v) is 5.40. The van der Waals surface area contributed by atoms with E-state index in [0.29, 0.717) is 0 Å². The van der Waals surface area contributed by atoms with Crippen LogP contribution in [0.2, 0.25) is 0 Å². The molecule has 0 aliphatic carbocycles. The molecule has 16 heavy (non-hydrogen) atoms. The van der Waals surface area contributed by atoms with E-state index in [2.05, 4.69) is 30.1 Å². The first-order valence-electron chi connectivity index (χ1n) is 6.04. The van der Waals surface area contributed by atoms with E-state index in [1.807, 2.05) is 13.1 Å². The van der Waals surface area contributed by atoms with Crippen molar-refractivity contribution in [3.05, 3.63) is 24.2 Å². The van der Waals surface area contributed by atoms with Gasteiger partial charge < -0.3 is 9.73 Å². The third kappa shape index (κ3) is 2.47. The summed E-state index contributed by atoms with van der Waals surface area (Å²) in [6.07, 6.45) is 3.01. The number of hydrogen-bond acceptors (Lipinski definition) is 3. The van der Waals surface area contributed by atoms with Gasteiger partial charge in [0.1, 0.15) is 5.76 Å². The fourth-order valence-electron chi connectivity index (χ4n) is 2.75. The molecule has 2 rings (SSSR count). The average Bonchev–Trinajstić information content (AvgIpc) is 2.77. The number of nitrogens with one attached hydrogen (secondary N) is 1. The van der Waals surface area contributed by atoms with Crippen molar-refractivity contribution in [2.45, 2.75) is 32.4 Å². The lowest BCUT2D eigenvalue weighted by atomic mass is 9.96. The van der Waals surface area contributed by atoms with Gasteiger partial charge >= 0.3 is 0 Å². The van der Waals surface area contributed by atoms with E-state index >= 15 is 0 Å². The first-order chi connectivity index (χ1) is 7.62. The number of likely N-dealkylation sites (tertiary alicyclic amines) is 1. The van der Waals surface area contributed by atoms with Crippen LogP contribution in [0.5, 0.6) is 0 Å². The van der Waals surface area contributed by atoms with Gasteiger partial charge in [0.25, 0.3) is 0 Å². The van der Waals surface area contributed by atoms with E-state index in [4.69, 9.17) is 4.42 Å². The first kappa shape index (κ1) is 11.7. The van der Waals surface area contributed by atoms with E-state index in [9.17, 15) is 0 Å². The van der Waals surface area contributed by atoms with Crippen molar-refractivity contribution in [3.63, 3.8) is 0 Å². The lowest BCUT2D eigenvalue weighted by Gasteiger charge is -2.30. The summed E-state index contributed by atoms with van der Waals surface area (Å²) in [5.41, 5.74) is 0.286. The number of nitrogens with zero attached hydrogens (tertiary/aromatic N) is 1. The maximum absolute atomic E-state index is 5.43. The molecule has 0 bridgehead atoms. The van der Waals surface area contributed by atoms with Crippen molar-refractivity contribution < 1.29 is 4.42 Å². The molecule has 3 heteroatoms. The minimum atomic E-state index is 0.286. The molecule has 0 spiro atoms. The van der Waals surface area contributed by atoms with Crippen molar-refractivity contribution in [2.75, 3.05) is 20.1 Å². The molecule has 1 aliphatic heterocycles. The second-order valence-electron chi connectivity index (χ2n) is 5.40. The molecule has 1 atom stereocenters. The van der Waals surface area contributed by atoms with Gasteiger partial charge in [-0.15, -0.1) is 0 Å². The van der Waals surface area contributed by atoms with Crippen molar-refractivity contribution in [1.82, 2.24) is 10.2 Å². The van der Waals surface area contributed by atoms with Crippen molar-refractivity contribution in [1.29, 1.82) is 0 Å². The Morgan fingerprint density at radius 3 is 3.00 bits per heavy atom. The molecule has 1 saturated heterocycles. The topological polar surface area (TPSA) is 28.4 Å². The third-order valence-electron chi connectivity index (χ3n) is 3.54. The van der Waals surface area contributed by atoms with Gasteiger partial charge in [-0.05, 0) is 51.9 Å². The lowest BCUT2D eigenvalue weighted by molar-refractivity contribution is 0.153. The molecule has 3 nitrogen and oxygen atoms in total. The molecule has 0 amide bonds. The molecule has 2 heterocycles. The minimum absolute atomic E-state index is 0.286. The number of furan rings is 1. The zero-order chi connectivity index (χ0) is 11.6. The Kier molecular flexibility index (Phi) is 3.36. The molecule has 1 N–H and O–H groups in total. The highest BCUT2D eigenvalue weighted by Crippen LogP contribution is 2.33. The van der Waals surface area contributed by atoms with Gasteiger partial charge in [-0.3, -0.25) is 4.90 Å². The predicted octanol–water partition coefficient (Wildman–Crippen LogP) is 2.10. The van der Waals surface area contributed by atoms with Crippen LogP contribution in [0.4, 0.5) is 0 Å². The summed E-state index contributed by atoms with van der Waals surface area (Å²) in [5.74, 6) is 1.83. The van der Waals surface area contributed by atoms with E-state index < -0.39 is 0 Å². The molecule has 0 saturated carbocycles. The molecule has 90 valence electrons. The van der Waals surface area contributed by atoms with Gasteiger partial charge in [0.05, 0.1) is 12.8 Å². The van der Waals surface area contributed by atoms with E-state index in [0.717, 1.165) is 31.3 Å². The highest BCUT2D eigenvalue weighted by atomic mass is 16.3. The van der Waals surface area contributed by atoms with Crippen molar-refractivity contribution in [2.24, 2.45) is 5.92 Å². The van der Waals surface area contributed by atoms with Gasteiger partial charge in [-0.25, -0.2) is 0 Å². The summed E-state index contributed by atoms with van der Waals surface area (Å²) in [6, 6.07) is 4.02. The van der Waals surface area contributed by atoms with Crippen LogP contribution in [-0.4, -0.2) is 30.6 Å². The molecule has 0 radical (unpaired) electrons. The highest BCUT2D eigenvalue weighted by molar-refractivity contribution is 5.02. The van der Waals surface area contributed by atoms with Crippen LogP contribution >= 0.6 is 0 Å². The van der Waals surface area contributed by atoms with Crippen LogP contribution in [0.25, 0.3) is 0 Å². The summed E-state index contributed by atoms with van der Waals surface area (Å²) in [4.78, 5) is 2.52. The van der Waals surface area contributed by atoms with Gasteiger partial charge in [-0.1, -0.05) is 0 Å². The summed E-state index contributed by atoms with van der Waals surface area (Å²) in [6.45, 7) is 7.85. The zero-order valence-corrected chi connectivity index (χ0v) is 10.5. The van der Waals surface area contributed by atoms with Crippen LogP contribution in [0, 0.1) is 5.92 Å². The van der Waals surface area contributed by atoms with E-state index in [1.165, 1.54) is 6.42 Å². The predicted molar refractivity (Wildman–Crippen MR) is 65.2 cm³/mol. The van der Waals surface area contributed by atoms with Crippen molar-refractivity contribution in [3.8, 4) is 0 Å². The fourth-order valence-corrected chi connectivity index (χ4v) is 2.75. The molecule has 0 aromatic carbocycles. The lowest BCUT2D eigenvalue weighted by Crippen LogP contribution is -2.37. The summed E-state index contributed by atoms with van der Waals surface area (Å²) >= 11 is 0. The largest absolute Gasteiger partial charge is 0.468 e. The fraction of sp³-hybridized carbons (Fsp3) is 0.692. The Labute approximate surface area is 97.8 Å². The van der Waals surface area contributed by atoms with Crippen LogP contribution in [0.15, 0.2) is 22.8 Å². The quantitative estimate of drug-likeness (QED) is 0.845. The molecular formula is C13H22N2O. The Morgan fingerprint density at radius 1 is 1.56 bits per heavy atom. The maximum atomic E-state index is 5.43. The number of rotatable bonds is 4. The smallest absolute Gasteiger partial charge is 0.117 e. The van der Waals surface area contributed by atoms with Gasteiger partial charge in [-0.2, -0.15) is 0 Å². The number of hydrogen-bond donors (Lipinski definition) is 1. The van der Waals surface area contributed by atoms with Gasteiger partial charge in [0.2, 0.25) is 0 Å². The monoisotopic (exact) mass is 222 g/mol. The van der Waals surface area contributed by atoms with Gasteiger partial charge in [0, 0.05) is 12.1 Å². The second kappa shape index (κ2) is 4.60. The van der Waals surface area contributed by atoms with Crippen LogP contribution in [0.3, 0.4) is 0 Å². The average molecular weight is 222 g/mol. The zero-order valence-electron chi connectivity index (χ0n) is 10.5. The van der Waals surface area contributed by atoms with Crippen molar-refractivity contribution >= 4 is 0 Å². The van der Waals surface area contributed by atoms with Gasteiger partial charge in [0.15, 0.2) is 0 Å². The summed E-state index contributed by atoms with van der Waals surface area (Å²) in [7, 11) is 2.03. The molecular weight excluding hydrogens is 200 g/mol. The Morgan fingerprint density at radius 2 is 2.38 bits per heavy atom. The molecule has 1 aromatic heterocycles. The van der Waals surface area contributed by atoms with Crippen LogP contribution in [0.1, 0.15) is 26.0 Å². The third-order valence-corrected chi connectivity index (χ3v) is 3.54. The standard InChI is InChI=1S/C13H22N2O/c1-13(2)7-11(8-14-3)9-15(13)10-12-5-4-6-16-12/h4-6,11,14H,7-10H2,1-3H3. The normalized spacial score (nSPS) is 25.1. The molecule has 1 aliphatic rings. The molecule has 1 fully saturated rings. The minimum Gasteiger partial charge on any atom is -0.468 e. The van der Waals surface area contributed by atoms with Crippen LogP contribution < -0.4 is 5.32 Å². The Balaban J connectivity index is 1.98.